The van der Waals surface area contributed by atoms with Crippen LogP contribution in [0, 0.1) is 0 Å². The molecule has 1 aliphatic heterocycles. The van der Waals surface area contributed by atoms with E-state index < -0.39 is 12.2 Å². The Morgan fingerprint density at radius 3 is 2.65 bits per heavy atom. The van der Waals surface area contributed by atoms with Gasteiger partial charge in [-0.3, -0.25) is 0 Å². The molecule has 1 saturated heterocycles. The number of aliphatic hydroxyl groups excluding tert-OH is 2. The van der Waals surface area contributed by atoms with Crippen LogP contribution in [0.15, 0.2) is 0 Å². The lowest BCUT2D eigenvalue weighted by molar-refractivity contribution is 0.00102. The van der Waals surface area contributed by atoms with Crippen molar-refractivity contribution in [3.05, 3.63) is 11.3 Å². The van der Waals surface area contributed by atoms with E-state index in [4.69, 9.17) is 9.72 Å². The van der Waals surface area contributed by atoms with Crippen molar-refractivity contribution < 1.29 is 14.9 Å². The summed E-state index contributed by atoms with van der Waals surface area (Å²) in [6.45, 7) is 5.22. The second kappa shape index (κ2) is 7.42. The molecule has 7 heteroatoms. The summed E-state index contributed by atoms with van der Waals surface area (Å²) in [4.78, 5) is 11.5. The number of anilines is 1. The summed E-state index contributed by atoms with van der Waals surface area (Å²) in [5.74, 6) is 1.29. The summed E-state index contributed by atoms with van der Waals surface area (Å²) >= 11 is 0. The molecule has 2 atom stereocenters. The van der Waals surface area contributed by atoms with Gasteiger partial charge >= 0.3 is 0 Å². The zero-order chi connectivity index (χ0) is 16.2. The number of piperazine rings is 1. The summed E-state index contributed by atoms with van der Waals surface area (Å²) in [7, 11) is 0. The highest BCUT2D eigenvalue weighted by molar-refractivity contribution is 5.42. The van der Waals surface area contributed by atoms with Crippen LogP contribution in [-0.4, -0.2) is 65.2 Å². The predicted octanol–water partition coefficient (Wildman–Crippen LogP) is -0.114. The highest BCUT2D eigenvalue weighted by atomic mass is 16.5. The predicted molar refractivity (Wildman–Crippen MR) is 86.9 cm³/mol. The van der Waals surface area contributed by atoms with Crippen LogP contribution in [0.25, 0.3) is 0 Å². The SMILES string of the molecule is CC(O)C(O)COc1nc(N2CCNCC2)nc2c1CCCC2. The quantitative estimate of drug-likeness (QED) is 0.696. The van der Waals surface area contributed by atoms with Crippen LogP contribution in [0.4, 0.5) is 5.95 Å². The Labute approximate surface area is 136 Å². The average molecular weight is 322 g/mol. The topological polar surface area (TPSA) is 90.7 Å². The smallest absolute Gasteiger partial charge is 0.228 e. The fourth-order valence-corrected chi connectivity index (χ4v) is 2.98. The Morgan fingerprint density at radius 2 is 1.91 bits per heavy atom. The van der Waals surface area contributed by atoms with E-state index in [0.29, 0.717) is 11.8 Å². The number of nitrogens with zero attached hydrogens (tertiary/aromatic N) is 3. The van der Waals surface area contributed by atoms with E-state index in [2.05, 4.69) is 15.2 Å². The van der Waals surface area contributed by atoms with Gasteiger partial charge < -0.3 is 25.2 Å². The molecular weight excluding hydrogens is 296 g/mol. The normalized spacial score (nSPS) is 20.7. The molecule has 1 aromatic heterocycles. The molecule has 0 aromatic carbocycles. The van der Waals surface area contributed by atoms with Gasteiger partial charge in [-0.1, -0.05) is 0 Å². The van der Waals surface area contributed by atoms with Gasteiger partial charge in [0.15, 0.2) is 0 Å². The van der Waals surface area contributed by atoms with E-state index in [1.165, 1.54) is 0 Å². The van der Waals surface area contributed by atoms with E-state index in [0.717, 1.165) is 63.1 Å². The molecule has 1 fully saturated rings. The molecule has 2 aliphatic rings. The van der Waals surface area contributed by atoms with Gasteiger partial charge in [0.2, 0.25) is 11.8 Å². The second-order valence-electron chi connectivity index (χ2n) is 6.32. The highest BCUT2D eigenvalue weighted by Gasteiger charge is 2.23. The number of ether oxygens (including phenoxy) is 1. The third-order valence-electron chi connectivity index (χ3n) is 4.48. The van der Waals surface area contributed by atoms with Crippen molar-refractivity contribution >= 4 is 5.95 Å². The van der Waals surface area contributed by atoms with E-state index >= 15 is 0 Å². The summed E-state index contributed by atoms with van der Waals surface area (Å²) in [6.07, 6.45) is 2.38. The number of fused-ring (bicyclic) bond motifs is 1. The van der Waals surface area contributed by atoms with E-state index in [1.54, 1.807) is 6.92 Å². The Bertz CT molecular complexity index is 532. The highest BCUT2D eigenvalue weighted by Crippen LogP contribution is 2.29. The molecule has 128 valence electrons. The molecule has 1 aromatic rings. The molecule has 1 aliphatic carbocycles. The van der Waals surface area contributed by atoms with Crippen LogP contribution < -0.4 is 15.0 Å². The van der Waals surface area contributed by atoms with Gasteiger partial charge in [-0.15, -0.1) is 0 Å². The van der Waals surface area contributed by atoms with Crippen LogP contribution >= 0.6 is 0 Å². The third kappa shape index (κ3) is 3.91. The first-order valence-corrected chi connectivity index (χ1v) is 8.49. The monoisotopic (exact) mass is 322 g/mol. The van der Waals surface area contributed by atoms with Crippen LogP contribution in [0.3, 0.4) is 0 Å². The number of hydrogen-bond donors (Lipinski definition) is 3. The van der Waals surface area contributed by atoms with Crippen LogP contribution in [0.1, 0.15) is 31.0 Å². The Balaban J connectivity index is 1.83. The maximum absolute atomic E-state index is 9.77. The van der Waals surface area contributed by atoms with Crippen molar-refractivity contribution in [2.24, 2.45) is 0 Å². The number of aromatic nitrogens is 2. The van der Waals surface area contributed by atoms with Crippen molar-refractivity contribution in [2.75, 3.05) is 37.7 Å². The molecule has 2 heterocycles. The molecule has 0 radical (unpaired) electrons. The molecule has 3 N–H and O–H groups in total. The molecule has 7 nitrogen and oxygen atoms in total. The molecule has 2 unspecified atom stereocenters. The van der Waals surface area contributed by atoms with Crippen LogP contribution in [-0.2, 0) is 12.8 Å². The molecule has 0 saturated carbocycles. The zero-order valence-electron chi connectivity index (χ0n) is 13.7. The second-order valence-corrected chi connectivity index (χ2v) is 6.32. The lowest BCUT2D eigenvalue weighted by Crippen LogP contribution is -2.44. The Kier molecular flexibility index (Phi) is 5.30. The summed E-state index contributed by atoms with van der Waals surface area (Å²) < 4.78 is 5.76. The Morgan fingerprint density at radius 1 is 1.17 bits per heavy atom. The summed E-state index contributed by atoms with van der Waals surface area (Å²) in [6, 6.07) is 0. The van der Waals surface area contributed by atoms with Crippen molar-refractivity contribution in [3.8, 4) is 5.88 Å². The first-order chi connectivity index (χ1) is 11.1. The van der Waals surface area contributed by atoms with Gasteiger partial charge in [0, 0.05) is 31.7 Å². The van der Waals surface area contributed by atoms with Gasteiger partial charge in [0.05, 0.1) is 11.8 Å². The summed E-state index contributed by atoms with van der Waals surface area (Å²) in [5, 5.41) is 22.5. The van der Waals surface area contributed by atoms with Crippen LogP contribution in [0.5, 0.6) is 5.88 Å². The lowest BCUT2D eigenvalue weighted by Gasteiger charge is -2.29. The van der Waals surface area contributed by atoms with Crippen molar-refractivity contribution in [1.82, 2.24) is 15.3 Å². The minimum atomic E-state index is -0.910. The van der Waals surface area contributed by atoms with Gasteiger partial charge in [-0.05, 0) is 32.6 Å². The maximum atomic E-state index is 9.77. The number of rotatable bonds is 5. The molecule has 23 heavy (non-hydrogen) atoms. The number of aliphatic hydroxyl groups is 2. The molecule has 0 bridgehead atoms. The largest absolute Gasteiger partial charge is 0.474 e. The van der Waals surface area contributed by atoms with Crippen molar-refractivity contribution in [3.63, 3.8) is 0 Å². The third-order valence-corrected chi connectivity index (χ3v) is 4.48. The van der Waals surface area contributed by atoms with E-state index in [-0.39, 0.29) is 6.61 Å². The maximum Gasteiger partial charge on any atom is 0.228 e. The standard InChI is InChI=1S/C16H26N4O3/c1-11(21)14(22)10-23-15-12-4-2-3-5-13(12)18-16(19-15)20-8-6-17-7-9-20/h11,14,17,21-22H,2-10H2,1H3. The number of hydrogen-bond acceptors (Lipinski definition) is 7. The van der Waals surface area contributed by atoms with E-state index in [9.17, 15) is 10.2 Å². The fourth-order valence-electron chi connectivity index (χ4n) is 2.98. The zero-order valence-corrected chi connectivity index (χ0v) is 13.7. The molecular formula is C16H26N4O3. The fraction of sp³-hybridized carbons (Fsp3) is 0.750. The van der Waals surface area contributed by atoms with Gasteiger partial charge in [-0.25, -0.2) is 4.98 Å². The van der Waals surface area contributed by atoms with Gasteiger partial charge in [0.25, 0.3) is 0 Å². The van der Waals surface area contributed by atoms with Gasteiger partial charge in [0.1, 0.15) is 12.7 Å². The Hall–Kier alpha value is -1.44. The lowest BCUT2D eigenvalue weighted by atomic mass is 9.97. The summed E-state index contributed by atoms with van der Waals surface area (Å²) in [5.41, 5.74) is 2.13. The minimum absolute atomic E-state index is 0.0438. The number of nitrogens with one attached hydrogen (secondary N) is 1. The first kappa shape index (κ1) is 16.4. The molecule has 0 amide bonds. The molecule has 0 spiro atoms. The van der Waals surface area contributed by atoms with Gasteiger partial charge in [-0.2, -0.15) is 4.98 Å². The number of aryl methyl sites for hydroxylation is 1. The minimum Gasteiger partial charge on any atom is -0.474 e. The van der Waals surface area contributed by atoms with Crippen LogP contribution in [0.2, 0.25) is 0 Å². The first-order valence-electron chi connectivity index (χ1n) is 8.49. The van der Waals surface area contributed by atoms with E-state index in [1.807, 2.05) is 0 Å². The average Bonchev–Trinajstić information content (AvgIpc) is 2.59. The van der Waals surface area contributed by atoms with Crippen molar-refractivity contribution in [1.29, 1.82) is 0 Å². The van der Waals surface area contributed by atoms with Crippen molar-refractivity contribution in [2.45, 2.75) is 44.8 Å². The molecule has 3 rings (SSSR count).